The number of likely N-dealkylation sites (tertiary alicyclic amines) is 1. The molecule has 0 aliphatic carbocycles. The molecule has 1 atom stereocenters. The summed E-state index contributed by atoms with van der Waals surface area (Å²) in [6, 6.07) is 16.5. The smallest absolute Gasteiger partial charge is 0.290 e. The Morgan fingerprint density at radius 3 is 2.53 bits per heavy atom. The predicted octanol–water partition coefficient (Wildman–Crippen LogP) is 2.93. The molecule has 7 nitrogen and oxygen atoms in total. The normalized spacial score (nSPS) is 18.5. The minimum Gasteiger partial charge on any atom is -0.497 e. The molecule has 2 aromatic carbocycles. The van der Waals surface area contributed by atoms with Crippen LogP contribution in [0.2, 0.25) is 0 Å². The van der Waals surface area contributed by atoms with Crippen LogP contribution in [0.3, 0.4) is 0 Å². The van der Waals surface area contributed by atoms with E-state index < -0.39 is 0 Å². The highest BCUT2D eigenvalue weighted by atomic mass is 16.5. The van der Waals surface area contributed by atoms with Crippen molar-refractivity contribution < 1.29 is 24.2 Å². The Kier molecular flexibility index (Phi) is 9.07. The maximum Gasteiger partial charge on any atom is 0.290 e. The summed E-state index contributed by atoms with van der Waals surface area (Å²) >= 11 is 0. The molecule has 172 valence electrons. The lowest BCUT2D eigenvalue weighted by Gasteiger charge is -2.26. The van der Waals surface area contributed by atoms with Crippen molar-refractivity contribution in [3.05, 3.63) is 65.2 Å². The van der Waals surface area contributed by atoms with Gasteiger partial charge in [-0.2, -0.15) is 0 Å². The fourth-order valence-electron chi connectivity index (χ4n) is 4.32. The highest BCUT2D eigenvalue weighted by molar-refractivity contribution is 5.94. The SMILES string of the molecule is COc1cccc(CN2CCC(Cc3ccc(C(=O)N4CCOCC4)cc3)C2)c1.O=CO. The van der Waals surface area contributed by atoms with Gasteiger partial charge in [0.1, 0.15) is 5.75 Å². The van der Waals surface area contributed by atoms with Crippen molar-refractivity contribution in [3.8, 4) is 5.75 Å². The monoisotopic (exact) mass is 440 g/mol. The molecular formula is C25H32N2O5. The number of carboxylic acid groups (broad SMARTS) is 1. The van der Waals surface area contributed by atoms with Gasteiger partial charge in [-0.25, -0.2) is 0 Å². The largest absolute Gasteiger partial charge is 0.497 e. The summed E-state index contributed by atoms with van der Waals surface area (Å²) in [6.45, 7) is 5.62. The molecule has 7 heteroatoms. The molecular weight excluding hydrogens is 408 g/mol. The number of carbonyl (C=O) groups excluding carboxylic acids is 1. The van der Waals surface area contributed by atoms with E-state index in [-0.39, 0.29) is 12.4 Å². The van der Waals surface area contributed by atoms with Gasteiger partial charge in [0.25, 0.3) is 12.4 Å². The third kappa shape index (κ3) is 6.80. The molecule has 2 aliphatic rings. The van der Waals surface area contributed by atoms with Gasteiger partial charge in [0.2, 0.25) is 0 Å². The standard InChI is InChI=1S/C24H30N2O3.CH2O2/c1-28-23-4-2-3-20(16-23)17-25-10-9-21(18-25)15-19-5-7-22(8-6-19)24(27)26-11-13-29-14-12-26;2-1-3/h2-8,16,21H,9-15,17-18H2,1H3;1H,(H,2,3). The van der Waals surface area contributed by atoms with Crippen molar-refractivity contribution in [1.82, 2.24) is 9.80 Å². The Morgan fingerprint density at radius 2 is 1.84 bits per heavy atom. The lowest BCUT2D eigenvalue weighted by Crippen LogP contribution is -2.40. The van der Waals surface area contributed by atoms with Crippen molar-refractivity contribution in [3.63, 3.8) is 0 Å². The van der Waals surface area contributed by atoms with Gasteiger partial charge in [0.05, 0.1) is 20.3 Å². The van der Waals surface area contributed by atoms with Crippen molar-refractivity contribution in [2.24, 2.45) is 5.92 Å². The summed E-state index contributed by atoms with van der Waals surface area (Å²) in [5.74, 6) is 1.71. The molecule has 2 saturated heterocycles. The van der Waals surface area contributed by atoms with Gasteiger partial charge in [-0.1, -0.05) is 24.3 Å². The maximum atomic E-state index is 12.6. The second-order valence-corrected chi connectivity index (χ2v) is 8.15. The summed E-state index contributed by atoms with van der Waals surface area (Å²) in [7, 11) is 1.71. The Balaban J connectivity index is 0.000000913. The van der Waals surface area contributed by atoms with E-state index >= 15 is 0 Å². The predicted molar refractivity (Wildman–Crippen MR) is 122 cm³/mol. The number of hydrogen-bond donors (Lipinski definition) is 1. The number of morpholine rings is 1. The van der Waals surface area contributed by atoms with E-state index in [0.717, 1.165) is 37.4 Å². The van der Waals surface area contributed by atoms with Crippen LogP contribution in [0.15, 0.2) is 48.5 Å². The van der Waals surface area contributed by atoms with E-state index in [9.17, 15) is 4.79 Å². The molecule has 1 amide bonds. The Bertz CT molecular complexity index is 865. The Hall–Kier alpha value is -2.90. The van der Waals surface area contributed by atoms with Crippen LogP contribution < -0.4 is 4.74 Å². The quantitative estimate of drug-likeness (QED) is 0.696. The van der Waals surface area contributed by atoms with Gasteiger partial charge in [0.15, 0.2) is 0 Å². The lowest BCUT2D eigenvalue weighted by molar-refractivity contribution is -0.122. The third-order valence-electron chi connectivity index (χ3n) is 5.93. The second kappa shape index (κ2) is 12.2. The zero-order chi connectivity index (χ0) is 22.8. The molecule has 0 bridgehead atoms. The first kappa shape index (κ1) is 23.8. The molecule has 1 N–H and O–H groups in total. The average Bonchev–Trinajstić information content (AvgIpc) is 3.27. The highest BCUT2D eigenvalue weighted by Crippen LogP contribution is 2.24. The van der Waals surface area contributed by atoms with Crippen LogP contribution >= 0.6 is 0 Å². The number of benzene rings is 2. The number of carbonyl (C=O) groups is 2. The van der Waals surface area contributed by atoms with E-state index in [4.69, 9.17) is 19.4 Å². The van der Waals surface area contributed by atoms with Gasteiger partial charge in [-0.15, -0.1) is 0 Å². The van der Waals surface area contributed by atoms with Crippen LogP contribution in [0.5, 0.6) is 5.75 Å². The van der Waals surface area contributed by atoms with Crippen molar-refractivity contribution >= 4 is 12.4 Å². The Labute approximate surface area is 189 Å². The van der Waals surface area contributed by atoms with E-state index in [1.54, 1.807) is 7.11 Å². The van der Waals surface area contributed by atoms with Crippen molar-refractivity contribution in [2.75, 3.05) is 46.5 Å². The van der Waals surface area contributed by atoms with Crippen molar-refractivity contribution in [2.45, 2.75) is 19.4 Å². The van der Waals surface area contributed by atoms with Gasteiger partial charge < -0.3 is 19.5 Å². The fraction of sp³-hybridized carbons (Fsp3) is 0.440. The molecule has 0 radical (unpaired) electrons. The van der Waals surface area contributed by atoms with Crippen molar-refractivity contribution in [1.29, 1.82) is 0 Å². The molecule has 0 saturated carbocycles. The van der Waals surface area contributed by atoms with Gasteiger partial charge in [-0.3, -0.25) is 14.5 Å². The number of ether oxygens (including phenoxy) is 2. The summed E-state index contributed by atoms with van der Waals surface area (Å²) in [4.78, 5) is 25.3. The number of rotatable bonds is 6. The second-order valence-electron chi connectivity index (χ2n) is 8.15. The lowest BCUT2D eigenvalue weighted by atomic mass is 9.97. The number of hydrogen-bond acceptors (Lipinski definition) is 5. The zero-order valence-corrected chi connectivity index (χ0v) is 18.6. The molecule has 1 unspecified atom stereocenters. The zero-order valence-electron chi connectivity index (χ0n) is 18.6. The first-order chi connectivity index (χ1) is 15.6. The van der Waals surface area contributed by atoms with Crippen LogP contribution in [-0.4, -0.2) is 73.8 Å². The van der Waals surface area contributed by atoms with Crippen LogP contribution in [0, 0.1) is 5.92 Å². The summed E-state index contributed by atoms with van der Waals surface area (Å²) in [6.07, 6.45) is 2.29. The molecule has 0 aromatic heterocycles. The minimum atomic E-state index is -0.250. The molecule has 2 aliphatic heterocycles. The van der Waals surface area contributed by atoms with Crippen LogP contribution in [0.4, 0.5) is 0 Å². The van der Waals surface area contributed by atoms with Gasteiger partial charge in [0, 0.05) is 31.7 Å². The summed E-state index contributed by atoms with van der Waals surface area (Å²) < 4.78 is 10.7. The van der Waals surface area contributed by atoms with E-state index in [1.807, 2.05) is 23.1 Å². The first-order valence-electron chi connectivity index (χ1n) is 11.0. The van der Waals surface area contributed by atoms with Gasteiger partial charge in [-0.05, 0) is 60.7 Å². The van der Waals surface area contributed by atoms with Gasteiger partial charge >= 0.3 is 0 Å². The molecule has 2 fully saturated rings. The van der Waals surface area contributed by atoms with E-state index in [1.165, 1.54) is 17.5 Å². The first-order valence-corrected chi connectivity index (χ1v) is 11.0. The number of amides is 1. The highest BCUT2D eigenvalue weighted by Gasteiger charge is 2.23. The van der Waals surface area contributed by atoms with E-state index in [0.29, 0.717) is 32.2 Å². The molecule has 0 spiro atoms. The number of methoxy groups -OCH3 is 1. The Morgan fingerprint density at radius 1 is 1.12 bits per heavy atom. The maximum absolute atomic E-state index is 12.6. The molecule has 4 rings (SSSR count). The minimum absolute atomic E-state index is 0.116. The van der Waals surface area contributed by atoms with E-state index in [2.05, 4.69) is 35.2 Å². The molecule has 2 heterocycles. The molecule has 32 heavy (non-hydrogen) atoms. The van der Waals surface area contributed by atoms with Crippen LogP contribution in [0.25, 0.3) is 0 Å². The number of nitrogens with zero attached hydrogens (tertiary/aromatic N) is 2. The fourth-order valence-corrected chi connectivity index (χ4v) is 4.32. The van der Waals surface area contributed by atoms with Crippen LogP contribution in [0.1, 0.15) is 27.9 Å². The average molecular weight is 441 g/mol. The summed E-state index contributed by atoms with van der Waals surface area (Å²) in [5, 5.41) is 6.89. The van der Waals surface area contributed by atoms with Crippen LogP contribution in [-0.2, 0) is 22.5 Å². The topological polar surface area (TPSA) is 79.3 Å². The molecule has 2 aromatic rings. The third-order valence-corrected chi connectivity index (χ3v) is 5.93. The summed E-state index contributed by atoms with van der Waals surface area (Å²) in [5.41, 5.74) is 3.40.